The summed E-state index contributed by atoms with van der Waals surface area (Å²) in [4.78, 5) is 12.2. The van der Waals surface area contributed by atoms with Crippen LogP contribution in [-0.4, -0.2) is 23.8 Å². The molecule has 29 heavy (non-hydrogen) atoms. The molecule has 0 saturated heterocycles. The zero-order valence-corrected chi connectivity index (χ0v) is 17.6. The Morgan fingerprint density at radius 3 is 2.41 bits per heavy atom. The fraction of sp³-hybridized carbons (Fsp3) is 0.250. The topological polar surface area (TPSA) is 55.6 Å². The molecule has 3 rings (SSSR count). The van der Waals surface area contributed by atoms with Crippen LogP contribution in [0.15, 0.2) is 53.6 Å². The van der Waals surface area contributed by atoms with Gasteiger partial charge in [-0.15, -0.1) is 0 Å². The zero-order chi connectivity index (χ0) is 21.0. The lowest BCUT2D eigenvalue weighted by molar-refractivity contribution is -0.120. The summed E-state index contributed by atoms with van der Waals surface area (Å²) < 4.78 is 7.38. The van der Waals surface area contributed by atoms with Gasteiger partial charge in [0.05, 0.1) is 19.7 Å². The number of hydrogen-bond donors (Lipinski definition) is 1. The van der Waals surface area contributed by atoms with E-state index in [1.54, 1.807) is 13.3 Å². The zero-order valence-electron chi connectivity index (χ0n) is 17.6. The van der Waals surface area contributed by atoms with Crippen molar-refractivity contribution in [2.24, 2.45) is 5.10 Å². The molecule has 0 bridgehead atoms. The standard InChI is InChI=1S/C24H27N3O2/c1-16-6-7-20(12-17(16)2)14-24(28)26-25-15-21-13-18(3)27(19(21)4)22-8-10-23(29-5)11-9-22/h6-13,15H,14H2,1-5H3,(H,26,28)/b25-15-. The quantitative estimate of drug-likeness (QED) is 0.501. The molecule has 0 saturated carbocycles. The average Bonchev–Trinajstić information content (AvgIpc) is 2.98. The molecule has 1 amide bonds. The number of aromatic nitrogens is 1. The number of amides is 1. The number of benzene rings is 2. The number of carbonyl (C=O) groups excluding carboxylic acids is 1. The van der Waals surface area contributed by atoms with E-state index in [4.69, 9.17) is 4.74 Å². The van der Waals surface area contributed by atoms with Crippen molar-refractivity contribution in [3.63, 3.8) is 0 Å². The van der Waals surface area contributed by atoms with Crippen molar-refractivity contribution in [3.8, 4) is 11.4 Å². The van der Waals surface area contributed by atoms with Gasteiger partial charge in [-0.1, -0.05) is 18.2 Å². The molecular weight excluding hydrogens is 362 g/mol. The van der Waals surface area contributed by atoms with E-state index in [9.17, 15) is 4.79 Å². The van der Waals surface area contributed by atoms with Gasteiger partial charge in [-0.25, -0.2) is 5.43 Å². The Morgan fingerprint density at radius 2 is 1.76 bits per heavy atom. The molecule has 0 aliphatic heterocycles. The summed E-state index contributed by atoms with van der Waals surface area (Å²) >= 11 is 0. The number of hydrogen-bond acceptors (Lipinski definition) is 3. The molecule has 1 heterocycles. The maximum Gasteiger partial charge on any atom is 0.244 e. The number of hydrazone groups is 1. The van der Waals surface area contributed by atoms with Crippen LogP contribution in [0.2, 0.25) is 0 Å². The molecule has 5 nitrogen and oxygen atoms in total. The van der Waals surface area contributed by atoms with Gasteiger partial charge in [-0.2, -0.15) is 5.10 Å². The van der Waals surface area contributed by atoms with Crippen LogP contribution >= 0.6 is 0 Å². The molecular formula is C24H27N3O2. The minimum Gasteiger partial charge on any atom is -0.497 e. The van der Waals surface area contributed by atoms with Gasteiger partial charge in [-0.05, 0) is 74.7 Å². The lowest BCUT2D eigenvalue weighted by Gasteiger charge is -2.10. The average molecular weight is 389 g/mol. The van der Waals surface area contributed by atoms with E-state index in [-0.39, 0.29) is 5.91 Å². The molecule has 0 atom stereocenters. The number of aryl methyl sites for hydroxylation is 3. The lowest BCUT2D eigenvalue weighted by atomic mass is 10.0. The van der Waals surface area contributed by atoms with E-state index in [2.05, 4.69) is 28.1 Å². The highest BCUT2D eigenvalue weighted by Gasteiger charge is 2.10. The van der Waals surface area contributed by atoms with Crippen molar-refractivity contribution in [2.45, 2.75) is 34.1 Å². The third kappa shape index (κ3) is 4.74. The van der Waals surface area contributed by atoms with Gasteiger partial charge in [0.15, 0.2) is 0 Å². The summed E-state index contributed by atoms with van der Waals surface area (Å²) in [6, 6.07) is 16.0. The second-order valence-electron chi connectivity index (χ2n) is 7.25. The molecule has 0 radical (unpaired) electrons. The van der Waals surface area contributed by atoms with Crippen LogP contribution in [0.1, 0.15) is 33.6 Å². The van der Waals surface area contributed by atoms with Crippen molar-refractivity contribution >= 4 is 12.1 Å². The molecule has 0 aliphatic rings. The second-order valence-corrected chi connectivity index (χ2v) is 7.25. The highest BCUT2D eigenvalue weighted by atomic mass is 16.5. The van der Waals surface area contributed by atoms with Crippen LogP contribution in [0.3, 0.4) is 0 Å². The Morgan fingerprint density at radius 1 is 1.03 bits per heavy atom. The predicted molar refractivity (Wildman–Crippen MR) is 117 cm³/mol. The molecule has 1 N–H and O–H groups in total. The first-order valence-electron chi connectivity index (χ1n) is 9.60. The number of rotatable bonds is 6. The summed E-state index contributed by atoms with van der Waals surface area (Å²) in [5, 5.41) is 4.16. The van der Waals surface area contributed by atoms with Crippen LogP contribution < -0.4 is 10.2 Å². The molecule has 0 aliphatic carbocycles. The van der Waals surface area contributed by atoms with E-state index in [1.165, 1.54) is 11.1 Å². The summed E-state index contributed by atoms with van der Waals surface area (Å²) in [6.07, 6.45) is 2.00. The molecule has 150 valence electrons. The van der Waals surface area contributed by atoms with Crippen LogP contribution in [0.25, 0.3) is 5.69 Å². The SMILES string of the molecule is COc1ccc(-n2c(C)cc(/C=N\NC(=O)Cc3ccc(C)c(C)c3)c2C)cc1. The Kier molecular flexibility index (Phi) is 6.17. The van der Waals surface area contributed by atoms with Gasteiger partial charge in [0.2, 0.25) is 5.91 Å². The summed E-state index contributed by atoms with van der Waals surface area (Å²) in [5.74, 6) is 0.693. The summed E-state index contributed by atoms with van der Waals surface area (Å²) in [7, 11) is 1.66. The van der Waals surface area contributed by atoms with Crippen LogP contribution in [0.5, 0.6) is 5.75 Å². The van der Waals surface area contributed by atoms with Crippen LogP contribution in [0.4, 0.5) is 0 Å². The Bertz CT molecular complexity index is 1050. The second kappa shape index (κ2) is 8.78. The molecule has 2 aromatic carbocycles. The fourth-order valence-electron chi connectivity index (χ4n) is 3.36. The Balaban J connectivity index is 1.69. The Labute approximate surface area is 172 Å². The Hall–Kier alpha value is -3.34. The van der Waals surface area contributed by atoms with Gasteiger partial charge < -0.3 is 9.30 Å². The number of nitrogens with one attached hydrogen (secondary N) is 1. The van der Waals surface area contributed by atoms with E-state index in [0.29, 0.717) is 6.42 Å². The molecule has 0 fully saturated rings. The third-order valence-electron chi connectivity index (χ3n) is 5.13. The van der Waals surface area contributed by atoms with Gasteiger partial charge >= 0.3 is 0 Å². The minimum absolute atomic E-state index is 0.131. The van der Waals surface area contributed by atoms with E-state index in [0.717, 1.165) is 34.0 Å². The fourth-order valence-corrected chi connectivity index (χ4v) is 3.36. The van der Waals surface area contributed by atoms with Gasteiger partial charge in [-0.3, -0.25) is 4.79 Å². The highest BCUT2D eigenvalue weighted by molar-refractivity contribution is 5.84. The summed E-state index contributed by atoms with van der Waals surface area (Å²) in [5.41, 5.74) is 10.2. The van der Waals surface area contributed by atoms with Crippen molar-refractivity contribution in [1.29, 1.82) is 0 Å². The van der Waals surface area contributed by atoms with Gasteiger partial charge in [0.1, 0.15) is 5.75 Å². The largest absolute Gasteiger partial charge is 0.497 e. The number of methoxy groups -OCH3 is 1. The lowest BCUT2D eigenvalue weighted by Crippen LogP contribution is -2.19. The van der Waals surface area contributed by atoms with E-state index < -0.39 is 0 Å². The predicted octanol–water partition coefficient (Wildman–Crippen LogP) is 4.41. The minimum atomic E-state index is -0.131. The smallest absolute Gasteiger partial charge is 0.244 e. The van der Waals surface area contributed by atoms with Crippen molar-refractivity contribution in [1.82, 2.24) is 9.99 Å². The number of ether oxygens (including phenoxy) is 1. The van der Waals surface area contributed by atoms with Crippen molar-refractivity contribution in [2.75, 3.05) is 7.11 Å². The maximum atomic E-state index is 12.2. The van der Waals surface area contributed by atoms with Crippen molar-refractivity contribution < 1.29 is 9.53 Å². The highest BCUT2D eigenvalue weighted by Crippen LogP contribution is 2.22. The van der Waals surface area contributed by atoms with E-state index in [1.807, 2.05) is 63.2 Å². The van der Waals surface area contributed by atoms with Crippen LogP contribution in [-0.2, 0) is 11.2 Å². The van der Waals surface area contributed by atoms with Crippen LogP contribution in [0, 0.1) is 27.7 Å². The third-order valence-corrected chi connectivity index (χ3v) is 5.13. The molecule has 1 aromatic heterocycles. The molecule has 3 aromatic rings. The first-order valence-corrected chi connectivity index (χ1v) is 9.60. The normalized spacial score (nSPS) is 11.1. The van der Waals surface area contributed by atoms with E-state index >= 15 is 0 Å². The van der Waals surface area contributed by atoms with Crippen molar-refractivity contribution in [3.05, 3.63) is 82.2 Å². The first kappa shape index (κ1) is 20.4. The molecule has 0 spiro atoms. The molecule has 5 heteroatoms. The van der Waals surface area contributed by atoms with Gasteiger partial charge in [0, 0.05) is 22.6 Å². The molecule has 0 unspecified atom stereocenters. The number of nitrogens with zero attached hydrogens (tertiary/aromatic N) is 2. The maximum absolute atomic E-state index is 12.2. The summed E-state index contributed by atoms with van der Waals surface area (Å²) in [6.45, 7) is 8.20. The first-order chi connectivity index (χ1) is 13.9. The monoisotopic (exact) mass is 389 g/mol. The van der Waals surface area contributed by atoms with Gasteiger partial charge in [0.25, 0.3) is 0 Å². The number of carbonyl (C=O) groups is 1.